The van der Waals surface area contributed by atoms with E-state index < -0.39 is 0 Å². The molecule has 1 heterocycles. The molecule has 1 aromatic heterocycles. The van der Waals surface area contributed by atoms with E-state index in [1.807, 2.05) is 18.5 Å². The fourth-order valence-corrected chi connectivity index (χ4v) is 2.88. The van der Waals surface area contributed by atoms with Crippen LogP contribution in [0.4, 0.5) is 0 Å². The van der Waals surface area contributed by atoms with Crippen LogP contribution in [0.25, 0.3) is 0 Å². The number of hydrogen-bond acceptors (Lipinski definition) is 2. The number of rotatable bonds is 3. The van der Waals surface area contributed by atoms with Crippen molar-refractivity contribution in [3.63, 3.8) is 0 Å². The molecule has 1 atom stereocenters. The topological polar surface area (TPSA) is 24.9 Å². The zero-order valence-corrected chi connectivity index (χ0v) is 10.2. The highest BCUT2D eigenvalue weighted by Gasteiger charge is 2.22. The molecule has 88 valence electrons. The van der Waals surface area contributed by atoms with Gasteiger partial charge in [-0.1, -0.05) is 31.7 Å². The molecular weight excluding hydrogens is 196 g/mol. The van der Waals surface area contributed by atoms with Crippen LogP contribution in [-0.4, -0.2) is 12.0 Å². The van der Waals surface area contributed by atoms with Crippen LogP contribution in [0, 0.1) is 5.92 Å². The maximum absolute atomic E-state index is 4.23. The molecule has 2 rings (SSSR count). The third-order valence-electron chi connectivity index (χ3n) is 3.73. The van der Waals surface area contributed by atoms with Crippen molar-refractivity contribution in [3.8, 4) is 0 Å². The van der Waals surface area contributed by atoms with Gasteiger partial charge in [-0.2, -0.15) is 0 Å². The van der Waals surface area contributed by atoms with Gasteiger partial charge in [-0.25, -0.2) is 0 Å². The lowest BCUT2D eigenvalue weighted by Crippen LogP contribution is -2.25. The van der Waals surface area contributed by atoms with Gasteiger partial charge in [0, 0.05) is 18.4 Å². The van der Waals surface area contributed by atoms with Crippen molar-refractivity contribution in [3.05, 3.63) is 30.1 Å². The van der Waals surface area contributed by atoms with Gasteiger partial charge in [0.1, 0.15) is 0 Å². The van der Waals surface area contributed by atoms with Gasteiger partial charge in [-0.15, -0.1) is 0 Å². The van der Waals surface area contributed by atoms with E-state index in [2.05, 4.69) is 23.4 Å². The second kappa shape index (κ2) is 6.00. The summed E-state index contributed by atoms with van der Waals surface area (Å²) in [7, 11) is 2.07. The molecule has 0 amide bonds. The zero-order valence-electron chi connectivity index (χ0n) is 10.2. The van der Waals surface area contributed by atoms with Gasteiger partial charge < -0.3 is 5.32 Å². The summed E-state index contributed by atoms with van der Waals surface area (Å²) < 4.78 is 0. The second-order valence-electron chi connectivity index (χ2n) is 4.80. The largest absolute Gasteiger partial charge is 0.313 e. The average Bonchev–Trinajstić information content (AvgIpc) is 2.61. The Hall–Kier alpha value is -0.890. The molecule has 1 aromatic rings. The first-order valence-corrected chi connectivity index (χ1v) is 6.49. The number of nitrogens with zero attached hydrogens (tertiary/aromatic N) is 1. The molecule has 0 bridgehead atoms. The summed E-state index contributed by atoms with van der Waals surface area (Å²) in [6.07, 6.45) is 12.2. The molecule has 2 heteroatoms. The van der Waals surface area contributed by atoms with E-state index in [1.54, 1.807) is 0 Å². The molecular formula is C14H22N2. The predicted octanol–water partition coefficient (Wildman–Crippen LogP) is 3.31. The molecule has 1 aliphatic carbocycles. The van der Waals surface area contributed by atoms with Crippen LogP contribution in [0.2, 0.25) is 0 Å². The van der Waals surface area contributed by atoms with Gasteiger partial charge >= 0.3 is 0 Å². The Morgan fingerprint density at radius 2 is 2.00 bits per heavy atom. The minimum atomic E-state index is 0.492. The summed E-state index contributed by atoms with van der Waals surface area (Å²) >= 11 is 0. The molecule has 1 aliphatic rings. The zero-order chi connectivity index (χ0) is 11.2. The molecule has 0 saturated heterocycles. The Kier molecular flexibility index (Phi) is 4.34. The normalized spacial score (nSPS) is 20.3. The lowest BCUT2D eigenvalue weighted by atomic mass is 9.88. The van der Waals surface area contributed by atoms with Crippen LogP contribution in [-0.2, 0) is 0 Å². The molecule has 16 heavy (non-hydrogen) atoms. The highest BCUT2D eigenvalue weighted by Crippen LogP contribution is 2.32. The van der Waals surface area contributed by atoms with Gasteiger partial charge in [-0.05, 0) is 37.4 Å². The molecule has 1 unspecified atom stereocenters. The SMILES string of the molecule is CNC(c1cccnc1)C1CCCCCC1. The summed E-state index contributed by atoms with van der Waals surface area (Å²) in [4.78, 5) is 4.23. The first-order chi connectivity index (χ1) is 7.92. The van der Waals surface area contributed by atoms with Crippen LogP contribution < -0.4 is 5.32 Å². The van der Waals surface area contributed by atoms with E-state index in [0.717, 1.165) is 5.92 Å². The number of aromatic nitrogens is 1. The fourth-order valence-electron chi connectivity index (χ4n) is 2.88. The van der Waals surface area contributed by atoms with Crippen molar-refractivity contribution in [2.75, 3.05) is 7.05 Å². The van der Waals surface area contributed by atoms with Gasteiger partial charge in [0.15, 0.2) is 0 Å². The first kappa shape index (κ1) is 11.6. The standard InChI is InChI=1S/C14H22N2/c1-15-14(13-9-6-10-16-11-13)12-7-4-2-3-5-8-12/h6,9-12,14-15H,2-5,7-8H2,1H3. The minimum Gasteiger partial charge on any atom is -0.313 e. The summed E-state index contributed by atoms with van der Waals surface area (Å²) in [5, 5.41) is 3.48. The number of hydrogen-bond donors (Lipinski definition) is 1. The van der Waals surface area contributed by atoms with Crippen LogP contribution in [0.1, 0.15) is 50.1 Å². The molecule has 0 spiro atoms. The van der Waals surface area contributed by atoms with Crippen LogP contribution in [0.15, 0.2) is 24.5 Å². The van der Waals surface area contributed by atoms with Gasteiger partial charge in [0.25, 0.3) is 0 Å². The van der Waals surface area contributed by atoms with Crippen molar-refractivity contribution in [1.82, 2.24) is 10.3 Å². The Bertz CT molecular complexity index is 289. The monoisotopic (exact) mass is 218 g/mol. The van der Waals surface area contributed by atoms with E-state index in [9.17, 15) is 0 Å². The van der Waals surface area contributed by atoms with Crippen LogP contribution in [0.3, 0.4) is 0 Å². The lowest BCUT2D eigenvalue weighted by Gasteiger charge is -2.25. The predicted molar refractivity (Wildman–Crippen MR) is 67.2 cm³/mol. The van der Waals surface area contributed by atoms with Crippen molar-refractivity contribution in [2.45, 2.75) is 44.6 Å². The first-order valence-electron chi connectivity index (χ1n) is 6.49. The number of nitrogens with one attached hydrogen (secondary N) is 1. The van der Waals surface area contributed by atoms with Crippen molar-refractivity contribution >= 4 is 0 Å². The summed E-state index contributed by atoms with van der Waals surface area (Å²) in [5.74, 6) is 0.789. The molecule has 1 N–H and O–H groups in total. The highest BCUT2D eigenvalue weighted by atomic mass is 14.9. The average molecular weight is 218 g/mol. The Morgan fingerprint density at radius 3 is 2.56 bits per heavy atom. The third-order valence-corrected chi connectivity index (χ3v) is 3.73. The van der Waals surface area contributed by atoms with Crippen LogP contribution in [0.5, 0.6) is 0 Å². The molecule has 1 fully saturated rings. The Morgan fingerprint density at radius 1 is 1.25 bits per heavy atom. The fraction of sp³-hybridized carbons (Fsp3) is 0.643. The van der Waals surface area contributed by atoms with Crippen molar-refractivity contribution in [1.29, 1.82) is 0 Å². The summed E-state index contributed by atoms with van der Waals surface area (Å²) in [6.45, 7) is 0. The Labute approximate surface area is 98.5 Å². The van der Waals surface area contributed by atoms with E-state index in [0.29, 0.717) is 6.04 Å². The molecule has 2 nitrogen and oxygen atoms in total. The molecule has 0 radical (unpaired) electrons. The maximum Gasteiger partial charge on any atom is 0.0361 e. The van der Waals surface area contributed by atoms with E-state index >= 15 is 0 Å². The van der Waals surface area contributed by atoms with Gasteiger partial charge in [-0.3, -0.25) is 4.98 Å². The maximum atomic E-state index is 4.23. The smallest absolute Gasteiger partial charge is 0.0361 e. The van der Waals surface area contributed by atoms with Crippen LogP contribution >= 0.6 is 0 Å². The van der Waals surface area contributed by atoms with E-state index in [4.69, 9.17) is 0 Å². The summed E-state index contributed by atoms with van der Waals surface area (Å²) in [5.41, 5.74) is 1.34. The van der Waals surface area contributed by atoms with Gasteiger partial charge in [0.05, 0.1) is 0 Å². The van der Waals surface area contributed by atoms with Crippen molar-refractivity contribution in [2.24, 2.45) is 5.92 Å². The second-order valence-corrected chi connectivity index (χ2v) is 4.80. The summed E-state index contributed by atoms with van der Waals surface area (Å²) in [6, 6.07) is 4.72. The minimum absolute atomic E-state index is 0.492. The van der Waals surface area contributed by atoms with E-state index in [-0.39, 0.29) is 0 Å². The molecule has 0 aromatic carbocycles. The third kappa shape index (κ3) is 2.82. The van der Waals surface area contributed by atoms with Gasteiger partial charge in [0.2, 0.25) is 0 Å². The molecule has 1 saturated carbocycles. The Balaban J connectivity index is 2.09. The highest BCUT2D eigenvalue weighted by molar-refractivity contribution is 5.14. The van der Waals surface area contributed by atoms with E-state index in [1.165, 1.54) is 44.1 Å². The number of pyridine rings is 1. The molecule has 0 aliphatic heterocycles. The lowest BCUT2D eigenvalue weighted by molar-refractivity contribution is 0.341. The van der Waals surface area contributed by atoms with Crippen molar-refractivity contribution < 1.29 is 0 Å². The quantitative estimate of drug-likeness (QED) is 0.787.